The van der Waals surface area contributed by atoms with Crippen molar-refractivity contribution in [2.45, 2.75) is 45.2 Å². The van der Waals surface area contributed by atoms with Crippen molar-refractivity contribution in [3.05, 3.63) is 47.3 Å². The molecule has 0 saturated heterocycles. The zero-order valence-electron chi connectivity index (χ0n) is 16.5. The normalized spacial score (nSPS) is 16.8. The van der Waals surface area contributed by atoms with Crippen LogP contribution in [0.3, 0.4) is 0 Å². The first-order valence-electron chi connectivity index (χ1n) is 9.20. The van der Waals surface area contributed by atoms with Gasteiger partial charge < -0.3 is 20.1 Å². The number of hydrogen-bond acceptors (Lipinski definition) is 4. The number of urea groups is 1. The SMILES string of the molecule is C[C@@H]1Cn2cnc(C(=O)N[C@@H](C)C(F)(F)F)c2CN1C(=O)Nc1ccc(F)c(C#N)c1. The van der Waals surface area contributed by atoms with Gasteiger partial charge in [-0.25, -0.2) is 14.2 Å². The predicted molar refractivity (Wildman–Crippen MR) is 100 cm³/mol. The van der Waals surface area contributed by atoms with Gasteiger partial charge in [0.25, 0.3) is 5.91 Å². The van der Waals surface area contributed by atoms with Crippen LogP contribution in [0.25, 0.3) is 0 Å². The number of halogens is 4. The highest BCUT2D eigenvalue weighted by atomic mass is 19.4. The Labute approximate surface area is 174 Å². The number of amides is 3. The molecule has 2 atom stereocenters. The Morgan fingerprint density at radius 1 is 1.35 bits per heavy atom. The summed E-state index contributed by atoms with van der Waals surface area (Å²) in [6.07, 6.45) is -3.26. The molecule has 0 spiro atoms. The minimum absolute atomic E-state index is 0.0809. The third-order valence-electron chi connectivity index (χ3n) is 4.91. The quantitative estimate of drug-likeness (QED) is 0.719. The van der Waals surface area contributed by atoms with Crippen LogP contribution in [-0.4, -0.2) is 44.6 Å². The molecule has 2 aromatic rings. The summed E-state index contributed by atoms with van der Waals surface area (Å²) in [6.45, 7) is 2.76. The maximum absolute atomic E-state index is 13.5. The van der Waals surface area contributed by atoms with Gasteiger partial charge in [-0.3, -0.25) is 4.79 Å². The van der Waals surface area contributed by atoms with Gasteiger partial charge in [-0.1, -0.05) is 0 Å². The highest BCUT2D eigenvalue weighted by Gasteiger charge is 2.38. The van der Waals surface area contributed by atoms with E-state index >= 15 is 0 Å². The molecule has 0 aliphatic carbocycles. The number of anilines is 1. The van der Waals surface area contributed by atoms with Crippen LogP contribution in [0.1, 0.15) is 35.6 Å². The molecule has 3 rings (SSSR count). The average Bonchev–Trinajstić information content (AvgIpc) is 3.10. The number of benzene rings is 1. The first kappa shape index (κ1) is 22.1. The Kier molecular flexibility index (Phi) is 5.88. The van der Waals surface area contributed by atoms with E-state index in [4.69, 9.17) is 5.26 Å². The molecule has 0 saturated carbocycles. The highest BCUT2D eigenvalue weighted by Crippen LogP contribution is 2.24. The first-order valence-corrected chi connectivity index (χ1v) is 9.20. The molecule has 12 heteroatoms. The molecule has 0 fully saturated rings. The van der Waals surface area contributed by atoms with Crippen LogP contribution >= 0.6 is 0 Å². The van der Waals surface area contributed by atoms with Gasteiger partial charge in [0.2, 0.25) is 0 Å². The van der Waals surface area contributed by atoms with Gasteiger partial charge in [0.15, 0.2) is 5.69 Å². The summed E-state index contributed by atoms with van der Waals surface area (Å²) in [6, 6.07) is 2.23. The van der Waals surface area contributed by atoms with Crippen molar-refractivity contribution in [2.24, 2.45) is 0 Å². The van der Waals surface area contributed by atoms with E-state index in [0.717, 1.165) is 13.0 Å². The highest BCUT2D eigenvalue weighted by molar-refractivity contribution is 5.94. The lowest BCUT2D eigenvalue weighted by molar-refractivity contribution is -0.149. The summed E-state index contributed by atoms with van der Waals surface area (Å²) < 4.78 is 53.3. The summed E-state index contributed by atoms with van der Waals surface area (Å²) in [5, 5.41) is 13.3. The zero-order valence-corrected chi connectivity index (χ0v) is 16.5. The molecular formula is C19H18F4N6O2. The van der Waals surface area contributed by atoms with Crippen LogP contribution in [0.4, 0.5) is 28.0 Å². The number of nitrogens with zero attached hydrogens (tertiary/aromatic N) is 4. The Morgan fingerprint density at radius 3 is 2.71 bits per heavy atom. The molecule has 1 aliphatic heterocycles. The van der Waals surface area contributed by atoms with E-state index in [0.29, 0.717) is 0 Å². The summed E-state index contributed by atoms with van der Waals surface area (Å²) in [5.74, 6) is -1.72. The van der Waals surface area contributed by atoms with E-state index in [1.165, 1.54) is 23.4 Å². The topological polar surface area (TPSA) is 103 Å². The number of alkyl halides is 3. The van der Waals surface area contributed by atoms with Crippen LogP contribution in [0.5, 0.6) is 0 Å². The van der Waals surface area contributed by atoms with E-state index in [1.54, 1.807) is 17.6 Å². The Hall–Kier alpha value is -3.62. The molecule has 3 amide bonds. The van der Waals surface area contributed by atoms with Crippen molar-refractivity contribution in [3.8, 4) is 6.07 Å². The minimum Gasteiger partial charge on any atom is -0.339 e. The van der Waals surface area contributed by atoms with E-state index in [9.17, 15) is 27.2 Å². The summed E-state index contributed by atoms with van der Waals surface area (Å²) in [5.41, 5.74) is 0.0535. The molecule has 8 nitrogen and oxygen atoms in total. The second-order valence-electron chi connectivity index (χ2n) is 7.14. The van der Waals surface area contributed by atoms with Crippen molar-refractivity contribution < 1.29 is 27.2 Å². The fourth-order valence-corrected chi connectivity index (χ4v) is 3.12. The molecule has 31 heavy (non-hydrogen) atoms. The third kappa shape index (κ3) is 4.60. The number of aromatic nitrogens is 2. The molecule has 0 bridgehead atoms. The van der Waals surface area contributed by atoms with Gasteiger partial charge in [-0.05, 0) is 32.0 Å². The Balaban J connectivity index is 1.78. The molecule has 2 heterocycles. The average molecular weight is 438 g/mol. The van der Waals surface area contributed by atoms with Crippen molar-refractivity contribution in [1.82, 2.24) is 19.8 Å². The van der Waals surface area contributed by atoms with E-state index in [2.05, 4.69) is 10.3 Å². The van der Waals surface area contributed by atoms with Crippen LogP contribution in [0.15, 0.2) is 24.5 Å². The van der Waals surface area contributed by atoms with E-state index in [-0.39, 0.29) is 41.8 Å². The Morgan fingerprint density at radius 2 is 2.06 bits per heavy atom. The number of fused-ring (bicyclic) bond motifs is 1. The largest absolute Gasteiger partial charge is 0.408 e. The molecule has 0 radical (unpaired) electrons. The van der Waals surface area contributed by atoms with Crippen molar-refractivity contribution in [1.29, 1.82) is 5.26 Å². The van der Waals surface area contributed by atoms with Gasteiger partial charge in [-0.15, -0.1) is 0 Å². The standard InChI is InChI=1S/C19H18F4N6O2/c1-10-7-28-9-25-16(17(30)26-11(2)19(21,22)23)15(28)8-29(10)18(31)27-13-3-4-14(20)12(5-13)6-24/h3-5,9-11H,7-8H2,1-2H3,(H,26,30)(H,27,31)/t10-,11+/m1/s1. The van der Waals surface area contributed by atoms with Crippen LogP contribution in [0.2, 0.25) is 0 Å². The molecular weight excluding hydrogens is 420 g/mol. The van der Waals surface area contributed by atoms with Crippen LogP contribution in [-0.2, 0) is 13.1 Å². The Bertz CT molecular complexity index is 1060. The van der Waals surface area contributed by atoms with Crippen LogP contribution in [0, 0.1) is 17.1 Å². The number of nitrogens with one attached hydrogen (secondary N) is 2. The molecule has 1 aromatic heterocycles. The smallest absolute Gasteiger partial charge is 0.339 e. The lowest BCUT2D eigenvalue weighted by Crippen LogP contribution is -2.47. The second-order valence-corrected chi connectivity index (χ2v) is 7.14. The zero-order chi connectivity index (χ0) is 22.9. The van der Waals surface area contributed by atoms with Gasteiger partial charge in [-0.2, -0.15) is 18.4 Å². The van der Waals surface area contributed by atoms with Crippen molar-refractivity contribution in [2.75, 3.05) is 5.32 Å². The van der Waals surface area contributed by atoms with E-state index < -0.39 is 30.0 Å². The lowest BCUT2D eigenvalue weighted by atomic mass is 10.1. The number of nitriles is 1. The fraction of sp³-hybridized carbons (Fsp3) is 0.368. The van der Waals surface area contributed by atoms with Gasteiger partial charge in [0.05, 0.1) is 24.1 Å². The molecule has 2 N–H and O–H groups in total. The minimum atomic E-state index is -4.60. The maximum atomic E-state index is 13.5. The third-order valence-corrected chi connectivity index (χ3v) is 4.91. The van der Waals surface area contributed by atoms with Gasteiger partial charge in [0.1, 0.15) is 17.9 Å². The molecule has 1 aromatic carbocycles. The predicted octanol–water partition coefficient (Wildman–Crippen LogP) is 3.01. The van der Waals surface area contributed by atoms with Crippen LogP contribution < -0.4 is 10.6 Å². The molecule has 1 aliphatic rings. The van der Waals surface area contributed by atoms with E-state index in [1.807, 2.05) is 5.32 Å². The number of imidazole rings is 1. The fourth-order valence-electron chi connectivity index (χ4n) is 3.12. The number of rotatable bonds is 3. The van der Waals surface area contributed by atoms with Gasteiger partial charge >= 0.3 is 12.2 Å². The van der Waals surface area contributed by atoms with Gasteiger partial charge in [0, 0.05) is 18.3 Å². The summed E-state index contributed by atoms with van der Waals surface area (Å²) in [4.78, 5) is 30.4. The summed E-state index contributed by atoms with van der Waals surface area (Å²) in [7, 11) is 0. The molecule has 0 unspecified atom stereocenters. The van der Waals surface area contributed by atoms with Crippen molar-refractivity contribution >= 4 is 17.6 Å². The monoisotopic (exact) mass is 438 g/mol. The maximum Gasteiger partial charge on any atom is 0.408 e. The molecule has 164 valence electrons. The first-order chi connectivity index (χ1) is 14.5. The van der Waals surface area contributed by atoms with Crippen molar-refractivity contribution in [3.63, 3.8) is 0 Å². The number of hydrogen-bond donors (Lipinski definition) is 2. The number of carbonyl (C=O) groups is 2. The summed E-state index contributed by atoms with van der Waals surface area (Å²) >= 11 is 0. The lowest BCUT2D eigenvalue weighted by Gasteiger charge is -2.34. The second kappa shape index (κ2) is 8.25. The number of carbonyl (C=O) groups excluding carboxylic acids is 2.